The molecule has 1 aromatic carbocycles. The third-order valence-electron chi connectivity index (χ3n) is 3.25. The van der Waals surface area contributed by atoms with Gasteiger partial charge >= 0.3 is 0 Å². The van der Waals surface area contributed by atoms with Crippen LogP contribution in [0, 0.1) is 0 Å². The molecule has 0 saturated carbocycles. The molecule has 2 N–H and O–H groups in total. The molecule has 0 aliphatic heterocycles. The minimum atomic E-state index is 0.663. The van der Waals surface area contributed by atoms with Gasteiger partial charge < -0.3 is 10.3 Å². The van der Waals surface area contributed by atoms with Crippen LogP contribution in [0.3, 0.4) is 0 Å². The number of rotatable bonds is 4. The van der Waals surface area contributed by atoms with Crippen molar-refractivity contribution in [3.8, 4) is 0 Å². The normalized spacial score (nSPS) is 10.9. The van der Waals surface area contributed by atoms with E-state index in [0.29, 0.717) is 12.2 Å². The van der Waals surface area contributed by atoms with Crippen molar-refractivity contribution in [2.24, 2.45) is 0 Å². The van der Waals surface area contributed by atoms with E-state index in [0.717, 1.165) is 28.2 Å². The van der Waals surface area contributed by atoms with Crippen molar-refractivity contribution in [2.75, 3.05) is 5.32 Å². The van der Waals surface area contributed by atoms with Crippen LogP contribution in [0.1, 0.15) is 18.1 Å². The van der Waals surface area contributed by atoms with Crippen molar-refractivity contribution in [1.82, 2.24) is 19.9 Å². The van der Waals surface area contributed by atoms with Gasteiger partial charge in [-0.15, -0.1) is 12.6 Å². The molecule has 0 spiro atoms. The van der Waals surface area contributed by atoms with Crippen LogP contribution >= 0.6 is 12.6 Å². The number of H-pyrrole nitrogens is 1. The Labute approximate surface area is 122 Å². The molecule has 20 heavy (non-hydrogen) atoms. The Morgan fingerprint density at radius 2 is 2.05 bits per heavy atom. The molecule has 0 unspecified atom stereocenters. The molecule has 0 atom stereocenters. The van der Waals surface area contributed by atoms with Gasteiger partial charge in [0.05, 0.1) is 6.33 Å². The average molecular weight is 285 g/mol. The second-order valence-electron chi connectivity index (χ2n) is 4.46. The molecule has 0 radical (unpaired) electrons. The van der Waals surface area contributed by atoms with Gasteiger partial charge in [0.1, 0.15) is 11.8 Å². The second-order valence-corrected chi connectivity index (χ2v) is 4.90. The van der Waals surface area contributed by atoms with E-state index in [1.807, 2.05) is 0 Å². The zero-order chi connectivity index (χ0) is 13.9. The van der Waals surface area contributed by atoms with Crippen molar-refractivity contribution < 1.29 is 0 Å². The number of anilines is 1. The summed E-state index contributed by atoms with van der Waals surface area (Å²) in [6, 6.07) is 6.23. The molecule has 0 amide bonds. The first kappa shape index (κ1) is 12.9. The van der Waals surface area contributed by atoms with Crippen molar-refractivity contribution in [1.29, 1.82) is 0 Å². The molecule has 3 rings (SSSR count). The van der Waals surface area contributed by atoms with Gasteiger partial charge in [-0.2, -0.15) is 0 Å². The van der Waals surface area contributed by atoms with Gasteiger partial charge in [0, 0.05) is 11.4 Å². The molecule has 102 valence electrons. The third kappa shape index (κ3) is 2.34. The van der Waals surface area contributed by atoms with Crippen molar-refractivity contribution in [3.05, 3.63) is 42.0 Å². The van der Waals surface area contributed by atoms with Crippen LogP contribution in [0.15, 0.2) is 35.7 Å². The first-order valence-electron chi connectivity index (χ1n) is 6.47. The highest BCUT2D eigenvalue weighted by molar-refractivity contribution is 7.80. The molecule has 0 aliphatic rings. The summed E-state index contributed by atoms with van der Waals surface area (Å²) in [5.74, 6) is 0.752. The first-order valence-corrected chi connectivity index (χ1v) is 6.92. The van der Waals surface area contributed by atoms with Crippen LogP contribution in [0.4, 0.5) is 5.82 Å². The predicted molar refractivity (Wildman–Crippen MR) is 82.1 cm³/mol. The highest BCUT2D eigenvalue weighted by Gasteiger charge is 2.07. The summed E-state index contributed by atoms with van der Waals surface area (Å²) in [6.07, 6.45) is 4.10. The van der Waals surface area contributed by atoms with Crippen LogP contribution < -0.4 is 5.32 Å². The van der Waals surface area contributed by atoms with Gasteiger partial charge in [-0.3, -0.25) is 0 Å². The number of fused-ring (bicyclic) bond motifs is 1. The maximum Gasteiger partial charge on any atom is 0.182 e. The Morgan fingerprint density at radius 3 is 2.90 bits per heavy atom. The fourth-order valence-electron chi connectivity index (χ4n) is 2.15. The topological polar surface area (TPSA) is 66.5 Å². The Hall–Kier alpha value is -2.08. The van der Waals surface area contributed by atoms with Crippen LogP contribution in [-0.2, 0) is 13.0 Å². The molecule has 2 aromatic heterocycles. The maximum atomic E-state index is 4.61. The number of benzene rings is 1. The lowest BCUT2D eigenvalue weighted by molar-refractivity contribution is 1.01. The lowest BCUT2D eigenvalue weighted by atomic mass is 10.1. The minimum Gasteiger partial charge on any atom is -0.364 e. The summed E-state index contributed by atoms with van der Waals surface area (Å²) in [7, 11) is 0. The van der Waals surface area contributed by atoms with E-state index in [4.69, 9.17) is 0 Å². The average Bonchev–Trinajstić information content (AvgIpc) is 2.95. The minimum absolute atomic E-state index is 0.663. The van der Waals surface area contributed by atoms with E-state index in [1.165, 1.54) is 11.9 Å². The SMILES string of the molecule is CCc1cccc(CNc2ncnc3nc[nH]c23)c1S. The highest BCUT2D eigenvalue weighted by Crippen LogP contribution is 2.22. The summed E-state index contributed by atoms with van der Waals surface area (Å²) in [6.45, 7) is 2.79. The van der Waals surface area contributed by atoms with E-state index >= 15 is 0 Å². The summed E-state index contributed by atoms with van der Waals surface area (Å²) in [5.41, 5.74) is 3.89. The Kier molecular flexibility index (Phi) is 3.56. The molecule has 0 fully saturated rings. The number of aromatic nitrogens is 4. The number of thiol groups is 1. The molecular weight excluding hydrogens is 270 g/mol. The number of aryl methyl sites for hydroxylation is 1. The van der Waals surface area contributed by atoms with Gasteiger partial charge in [-0.1, -0.05) is 25.1 Å². The molecule has 0 bridgehead atoms. The fourth-order valence-corrected chi connectivity index (χ4v) is 2.54. The second kappa shape index (κ2) is 5.50. The first-order chi connectivity index (χ1) is 9.79. The Morgan fingerprint density at radius 1 is 1.20 bits per heavy atom. The van der Waals surface area contributed by atoms with Crippen molar-refractivity contribution in [2.45, 2.75) is 24.8 Å². The number of nitrogens with zero attached hydrogens (tertiary/aromatic N) is 3. The molecule has 5 nitrogen and oxygen atoms in total. The maximum absolute atomic E-state index is 4.61. The lowest BCUT2D eigenvalue weighted by Gasteiger charge is -2.11. The van der Waals surface area contributed by atoms with Crippen LogP contribution in [0.5, 0.6) is 0 Å². The molecular formula is C14H15N5S. The fraction of sp³-hybridized carbons (Fsp3) is 0.214. The molecule has 2 heterocycles. The molecule has 6 heteroatoms. The number of nitrogens with one attached hydrogen (secondary N) is 2. The number of imidazole rings is 1. The summed E-state index contributed by atoms with van der Waals surface area (Å²) in [4.78, 5) is 16.5. The van der Waals surface area contributed by atoms with Gasteiger partial charge in [0.15, 0.2) is 11.5 Å². The van der Waals surface area contributed by atoms with Gasteiger partial charge in [0.25, 0.3) is 0 Å². The monoisotopic (exact) mass is 285 g/mol. The lowest BCUT2D eigenvalue weighted by Crippen LogP contribution is -2.04. The smallest absolute Gasteiger partial charge is 0.182 e. The van der Waals surface area contributed by atoms with Crippen molar-refractivity contribution >= 4 is 29.6 Å². The zero-order valence-electron chi connectivity index (χ0n) is 11.1. The third-order valence-corrected chi connectivity index (χ3v) is 3.83. The number of hydrogen-bond acceptors (Lipinski definition) is 5. The standard InChI is InChI=1S/C14H15N5S/c1-2-9-4-3-5-10(12(9)20)6-15-13-11-14(17-7-16-11)19-8-18-13/h3-5,7-8,20H,2,6H2,1H3,(H2,15,16,17,18,19). The summed E-state index contributed by atoms with van der Waals surface area (Å²) < 4.78 is 0. The highest BCUT2D eigenvalue weighted by atomic mass is 32.1. The summed E-state index contributed by atoms with van der Waals surface area (Å²) >= 11 is 4.61. The van der Waals surface area contributed by atoms with Crippen LogP contribution in [-0.4, -0.2) is 19.9 Å². The quantitative estimate of drug-likeness (QED) is 0.645. The van der Waals surface area contributed by atoms with E-state index in [2.05, 4.69) is 63.0 Å². The summed E-state index contributed by atoms with van der Waals surface area (Å²) in [5, 5.41) is 3.31. The predicted octanol–water partition coefficient (Wildman–Crippen LogP) is 2.82. The molecule has 3 aromatic rings. The van der Waals surface area contributed by atoms with E-state index < -0.39 is 0 Å². The molecule has 0 aliphatic carbocycles. The van der Waals surface area contributed by atoms with Crippen LogP contribution in [0.25, 0.3) is 11.2 Å². The van der Waals surface area contributed by atoms with E-state index in [-0.39, 0.29) is 0 Å². The Balaban J connectivity index is 1.85. The van der Waals surface area contributed by atoms with Gasteiger partial charge in [-0.05, 0) is 17.5 Å². The number of hydrogen-bond donors (Lipinski definition) is 3. The van der Waals surface area contributed by atoms with Gasteiger partial charge in [-0.25, -0.2) is 15.0 Å². The van der Waals surface area contributed by atoms with E-state index in [9.17, 15) is 0 Å². The zero-order valence-corrected chi connectivity index (χ0v) is 12.0. The number of aromatic amines is 1. The van der Waals surface area contributed by atoms with Gasteiger partial charge in [0.2, 0.25) is 0 Å². The van der Waals surface area contributed by atoms with Crippen LogP contribution in [0.2, 0.25) is 0 Å². The molecule has 0 saturated heterocycles. The van der Waals surface area contributed by atoms with E-state index in [1.54, 1.807) is 6.33 Å². The largest absolute Gasteiger partial charge is 0.364 e. The van der Waals surface area contributed by atoms with Crippen molar-refractivity contribution in [3.63, 3.8) is 0 Å². The Bertz CT molecular complexity index is 737.